The average Bonchev–Trinajstić information content (AvgIpc) is 3.02. The lowest BCUT2D eigenvalue weighted by molar-refractivity contribution is -0.133. The summed E-state index contributed by atoms with van der Waals surface area (Å²) in [4.78, 5) is 25.2. The van der Waals surface area contributed by atoms with Gasteiger partial charge in [-0.15, -0.1) is 0 Å². The number of nitrogens with zero attached hydrogens (tertiary/aromatic N) is 1. The third kappa shape index (κ3) is 4.10. The molecule has 0 saturated heterocycles. The molecule has 0 fully saturated rings. The van der Waals surface area contributed by atoms with Crippen molar-refractivity contribution in [3.05, 3.63) is 36.4 Å². The number of nitrogens with one attached hydrogen (secondary N) is 1. The number of anilines is 1. The lowest BCUT2D eigenvalue weighted by Crippen LogP contribution is -2.38. The summed E-state index contributed by atoms with van der Waals surface area (Å²) in [6.45, 7) is 4.54. The van der Waals surface area contributed by atoms with Crippen LogP contribution >= 0.6 is 0 Å². The third-order valence-corrected chi connectivity index (χ3v) is 3.62. The maximum Gasteiger partial charge on any atom is 0.261 e. The second-order valence-electron chi connectivity index (χ2n) is 5.16. The lowest BCUT2D eigenvalue weighted by Gasteiger charge is -2.23. The molecule has 1 aromatic rings. The van der Waals surface area contributed by atoms with Crippen molar-refractivity contribution >= 4 is 17.5 Å². The van der Waals surface area contributed by atoms with E-state index in [9.17, 15) is 9.59 Å². The van der Waals surface area contributed by atoms with Crippen LogP contribution in [0, 0.1) is 0 Å². The summed E-state index contributed by atoms with van der Waals surface area (Å²) in [6, 6.07) is 7.21. The van der Waals surface area contributed by atoms with E-state index in [0.29, 0.717) is 18.7 Å². The van der Waals surface area contributed by atoms with Gasteiger partial charge in [-0.25, -0.2) is 0 Å². The van der Waals surface area contributed by atoms with Gasteiger partial charge in [0, 0.05) is 18.7 Å². The average molecular weight is 302 g/mol. The monoisotopic (exact) mass is 302 g/mol. The summed E-state index contributed by atoms with van der Waals surface area (Å²) >= 11 is 0. The van der Waals surface area contributed by atoms with Crippen molar-refractivity contribution < 1.29 is 14.3 Å². The molecule has 1 aliphatic heterocycles. The van der Waals surface area contributed by atoms with Crippen LogP contribution in [0.4, 0.5) is 5.69 Å². The zero-order valence-corrected chi connectivity index (χ0v) is 13.0. The zero-order chi connectivity index (χ0) is 15.9. The van der Waals surface area contributed by atoms with Crippen molar-refractivity contribution in [1.82, 2.24) is 4.90 Å². The van der Waals surface area contributed by atoms with Gasteiger partial charge in [0.05, 0.1) is 6.04 Å². The lowest BCUT2D eigenvalue weighted by atomic mass is 10.2. The van der Waals surface area contributed by atoms with Gasteiger partial charge in [0.2, 0.25) is 5.91 Å². The fourth-order valence-electron chi connectivity index (χ4n) is 2.33. The Bertz CT molecular complexity index is 552. The van der Waals surface area contributed by atoms with Crippen LogP contribution in [-0.4, -0.2) is 35.9 Å². The summed E-state index contributed by atoms with van der Waals surface area (Å²) < 4.78 is 5.53. The Morgan fingerprint density at radius 2 is 2.00 bits per heavy atom. The Hall–Kier alpha value is -2.30. The van der Waals surface area contributed by atoms with Gasteiger partial charge in [-0.1, -0.05) is 26.0 Å². The molecule has 1 unspecified atom stereocenters. The summed E-state index contributed by atoms with van der Waals surface area (Å²) in [6.07, 6.45) is 5.42. The highest BCUT2D eigenvalue weighted by molar-refractivity contribution is 5.90. The third-order valence-electron chi connectivity index (χ3n) is 3.62. The van der Waals surface area contributed by atoms with Crippen molar-refractivity contribution in [2.45, 2.75) is 32.7 Å². The molecule has 22 heavy (non-hydrogen) atoms. The van der Waals surface area contributed by atoms with Gasteiger partial charge in [0.1, 0.15) is 5.75 Å². The van der Waals surface area contributed by atoms with Gasteiger partial charge < -0.3 is 15.0 Å². The highest BCUT2D eigenvalue weighted by Gasteiger charge is 2.23. The van der Waals surface area contributed by atoms with Crippen molar-refractivity contribution in [3.8, 4) is 5.75 Å². The van der Waals surface area contributed by atoms with Crippen LogP contribution < -0.4 is 10.1 Å². The first kappa shape index (κ1) is 16.1. The smallest absolute Gasteiger partial charge is 0.261 e. The van der Waals surface area contributed by atoms with E-state index in [0.717, 1.165) is 12.1 Å². The number of ether oxygens (including phenoxy) is 1. The number of carbonyl (C=O) groups is 2. The normalized spacial score (nSPS) is 16.6. The molecule has 1 N–H and O–H groups in total. The number of rotatable bonds is 6. The van der Waals surface area contributed by atoms with E-state index in [4.69, 9.17) is 4.74 Å². The molecule has 1 heterocycles. The largest absolute Gasteiger partial charge is 0.484 e. The van der Waals surface area contributed by atoms with Crippen LogP contribution in [0.5, 0.6) is 5.75 Å². The van der Waals surface area contributed by atoms with Crippen molar-refractivity contribution in [2.24, 2.45) is 0 Å². The molecule has 0 bridgehead atoms. The zero-order valence-electron chi connectivity index (χ0n) is 13.0. The molecule has 118 valence electrons. The first-order valence-electron chi connectivity index (χ1n) is 7.62. The molecular formula is C17H22N2O3. The van der Waals surface area contributed by atoms with E-state index in [2.05, 4.69) is 18.3 Å². The maximum atomic E-state index is 12.1. The van der Waals surface area contributed by atoms with Crippen molar-refractivity contribution in [1.29, 1.82) is 0 Å². The van der Waals surface area contributed by atoms with E-state index in [-0.39, 0.29) is 24.5 Å². The van der Waals surface area contributed by atoms with Gasteiger partial charge in [0.25, 0.3) is 5.91 Å². The van der Waals surface area contributed by atoms with Crippen molar-refractivity contribution in [2.75, 3.05) is 18.5 Å². The topological polar surface area (TPSA) is 58.6 Å². The van der Waals surface area contributed by atoms with E-state index in [1.54, 1.807) is 31.2 Å². The molecule has 0 aliphatic carbocycles. The minimum Gasteiger partial charge on any atom is -0.484 e. The number of hydrogen-bond acceptors (Lipinski definition) is 3. The summed E-state index contributed by atoms with van der Waals surface area (Å²) in [5.74, 6) is 0.569. The highest BCUT2D eigenvalue weighted by Crippen LogP contribution is 2.17. The number of amides is 2. The van der Waals surface area contributed by atoms with Gasteiger partial charge in [-0.3, -0.25) is 9.59 Å². The molecule has 2 rings (SSSR count). The van der Waals surface area contributed by atoms with Crippen LogP contribution in [0.1, 0.15) is 26.7 Å². The number of hydrogen-bond donors (Lipinski definition) is 1. The number of benzene rings is 1. The predicted octanol–water partition coefficient (Wildman–Crippen LogP) is 2.59. The molecule has 0 spiro atoms. The summed E-state index contributed by atoms with van der Waals surface area (Å²) in [7, 11) is 0. The van der Waals surface area contributed by atoms with Gasteiger partial charge in [-0.2, -0.15) is 0 Å². The van der Waals surface area contributed by atoms with Gasteiger partial charge in [0.15, 0.2) is 6.61 Å². The minimum atomic E-state index is -0.0315. The molecule has 1 aromatic carbocycles. The Labute approximate surface area is 130 Å². The van der Waals surface area contributed by atoms with Crippen molar-refractivity contribution in [3.63, 3.8) is 0 Å². The molecule has 0 radical (unpaired) electrons. The first-order chi connectivity index (χ1) is 10.6. The van der Waals surface area contributed by atoms with Crippen LogP contribution in [-0.2, 0) is 9.59 Å². The fourth-order valence-corrected chi connectivity index (χ4v) is 2.33. The minimum absolute atomic E-state index is 0.0137. The molecule has 0 aromatic heterocycles. The molecule has 0 saturated carbocycles. The highest BCUT2D eigenvalue weighted by atomic mass is 16.5. The van der Waals surface area contributed by atoms with Gasteiger partial charge in [-0.05, 0) is 30.7 Å². The van der Waals surface area contributed by atoms with E-state index in [1.807, 2.05) is 11.0 Å². The molecule has 1 atom stereocenters. The molecule has 5 heteroatoms. The SMILES string of the molecule is CCC(=O)Nc1ccc(OCC(=O)N2CC=CC2CC)cc1. The molecule has 5 nitrogen and oxygen atoms in total. The van der Waals surface area contributed by atoms with Gasteiger partial charge >= 0.3 is 0 Å². The van der Waals surface area contributed by atoms with Crippen LogP contribution in [0.2, 0.25) is 0 Å². The molecule has 1 aliphatic rings. The fraction of sp³-hybridized carbons (Fsp3) is 0.412. The second-order valence-corrected chi connectivity index (χ2v) is 5.16. The predicted molar refractivity (Wildman–Crippen MR) is 85.8 cm³/mol. The molecule has 2 amide bonds. The van der Waals surface area contributed by atoms with Crippen LogP contribution in [0.25, 0.3) is 0 Å². The second kappa shape index (κ2) is 7.64. The summed E-state index contributed by atoms with van der Waals surface area (Å²) in [5.41, 5.74) is 0.723. The Morgan fingerprint density at radius 3 is 2.64 bits per heavy atom. The number of carbonyl (C=O) groups excluding carboxylic acids is 2. The van der Waals surface area contributed by atoms with E-state index in [1.165, 1.54) is 0 Å². The molecular weight excluding hydrogens is 280 g/mol. The quantitative estimate of drug-likeness (QED) is 0.822. The van der Waals surface area contributed by atoms with E-state index >= 15 is 0 Å². The first-order valence-corrected chi connectivity index (χ1v) is 7.62. The van der Waals surface area contributed by atoms with Crippen LogP contribution in [0.3, 0.4) is 0 Å². The van der Waals surface area contributed by atoms with Crippen LogP contribution in [0.15, 0.2) is 36.4 Å². The summed E-state index contributed by atoms with van der Waals surface area (Å²) in [5, 5.41) is 2.76. The maximum absolute atomic E-state index is 12.1. The standard InChI is InChI=1S/C17H22N2O3/c1-3-14-6-5-11-19(14)17(21)12-22-15-9-7-13(8-10-15)18-16(20)4-2/h5-10,14H,3-4,11-12H2,1-2H3,(H,18,20). The Kier molecular flexibility index (Phi) is 5.58. The Balaban J connectivity index is 1.84. The van der Waals surface area contributed by atoms with E-state index < -0.39 is 0 Å². The Morgan fingerprint density at radius 1 is 1.27 bits per heavy atom.